The van der Waals surface area contributed by atoms with Gasteiger partial charge >= 0.3 is 0 Å². The highest BCUT2D eigenvalue weighted by Crippen LogP contribution is 2.44. The van der Waals surface area contributed by atoms with Crippen molar-refractivity contribution < 1.29 is 12.8 Å². The average molecular weight is 574 g/mol. The molecule has 5 rings (SSSR count). The molecule has 7 nitrogen and oxygen atoms in total. The fraction of sp³-hybridized carbons (Fsp3) is 0.154. The highest BCUT2D eigenvalue weighted by Gasteiger charge is 2.42. The Morgan fingerprint density at radius 3 is 2.59 bits per heavy atom. The first kappa shape index (κ1) is 25.5. The molecule has 37 heavy (non-hydrogen) atoms. The molecule has 1 aliphatic rings. The van der Waals surface area contributed by atoms with Crippen molar-refractivity contribution in [3.05, 3.63) is 100.0 Å². The lowest BCUT2D eigenvalue weighted by Gasteiger charge is -2.26. The van der Waals surface area contributed by atoms with Crippen LogP contribution in [0.15, 0.2) is 77.3 Å². The highest BCUT2D eigenvalue weighted by atomic mass is 35.5. The highest BCUT2D eigenvalue weighted by molar-refractivity contribution is 7.92. The largest absolute Gasteiger partial charge is 0.459 e. The fourth-order valence-electron chi connectivity index (χ4n) is 4.38. The van der Waals surface area contributed by atoms with Crippen molar-refractivity contribution in [2.24, 2.45) is 0 Å². The smallest absolute Gasteiger partial charge is 0.229 e. The van der Waals surface area contributed by atoms with Crippen LogP contribution in [0, 0.1) is 6.92 Å². The number of benzene rings is 2. The fourth-order valence-corrected chi connectivity index (χ4v) is 5.75. The molecule has 0 spiro atoms. The molecule has 2 N–H and O–H groups in total. The average Bonchev–Trinajstić information content (AvgIpc) is 3.46. The minimum absolute atomic E-state index is 0.309. The molecular weight excluding hydrogens is 551 g/mol. The zero-order valence-electron chi connectivity index (χ0n) is 19.8. The molecule has 190 valence electrons. The molecule has 1 saturated heterocycles. The van der Waals surface area contributed by atoms with Crippen LogP contribution in [-0.4, -0.2) is 24.8 Å². The summed E-state index contributed by atoms with van der Waals surface area (Å²) in [4.78, 5) is 6.51. The van der Waals surface area contributed by atoms with Gasteiger partial charge in [0.25, 0.3) is 0 Å². The Morgan fingerprint density at radius 2 is 1.89 bits per heavy atom. The normalized spacial score (nSPS) is 17.6. The molecule has 0 aliphatic carbocycles. The molecule has 3 heterocycles. The molecule has 2 atom stereocenters. The minimum Gasteiger partial charge on any atom is -0.459 e. The predicted molar refractivity (Wildman–Crippen MR) is 152 cm³/mol. The van der Waals surface area contributed by atoms with Crippen molar-refractivity contribution in [2.45, 2.75) is 19.0 Å². The van der Waals surface area contributed by atoms with E-state index in [-0.39, 0.29) is 12.1 Å². The van der Waals surface area contributed by atoms with E-state index in [1.165, 1.54) is 0 Å². The van der Waals surface area contributed by atoms with Crippen LogP contribution < -0.4 is 14.9 Å². The lowest BCUT2D eigenvalue weighted by atomic mass is 10.0. The second-order valence-corrected chi connectivity index (χ2v) is 11.6. The maximum absolute atomic E-state index is 11.8. The van der Waals surface area contributed by atoms with E-state index >= 15 is 0 Å². The van der Waals surface area contributed by atoms with E-state index in [0.717, 1.165) is 23.2 Å². The number of nitrogens with zero attached hydrogens (tertiary/aromatic N) is 2. The van der Waals surface area contributed by atoms with Crippen LogP contribution in [-0.2, 0) is 10.0 Å². The van der Waals surface area contributed by atoms with E-state index in [9.17, 15) is 8.42 Å². The number of hydrogen-bond donors (Lipinski definition) is 2. The number of nitrogens with one attached hydrogen (secondary N) is 2. The second kappa shape index (κ2) is 9.98. The Morgan fingerprint density at radius 1 is 1.08 bits per heavy atom. The summed E-state index contributed by atoms with van der Waals surface area (Å²) in [6.45, 7) is 1.83. The molecule has 2 aromatic carbocycles. The molecule has 0 unspecified atom stereocenters. The van der Waals surface area contributed by atoms with Gasteiger partial charge in [0.05, 0.1) is 33.7 Å². The Hall–Kier alpha value is -3.11. The van der Waals surface area contributed by atoms with E-state index in [2.05, 4.69) is 15.0 Å². The monoisotopic (exact) mass is 572 g/mol. The van der Waals surface area contributed by atoms with E-state index in [1.807, 2.05) is 66.4 Å². The van der Waals surface area contributed by atoms with Crippen LogP contribution in [0.1, 0.15) is 29.1 Å². The molecule has 11 heteroatoms. The van der Waals surface area contributed by atoms with Crippen molar-refractivity contribution in [1.29, 1.82) is 0 Å². The number of furan rings is 1. The van der Waals surface area contributed by atoms with Gasteiger partial charge in [-0.3, -0.25) is 9.71 Å². The third kappa shape index (κ3) is 5.17. The molecule has 1 fully saturated rings. The Bertz CT molecular complexity index is 1590. The summed E-state index contributed by atoms with van der Waals surface area (Å²) in [7, 11) is -3.42. The van der Waals surface area contributed by atoms with E-state index < -0.39 is 10.0 Å². The van der Waals surface area contributed by atoms with Crippen molar-refractivity contribution in [2.75, 3.05) is 15.9 Å². The van der Waals surface area contributed by atoms with Gasteiger partial charge in [0.1, 0.15) is 17.6 Å². The number of pyridine rings is 1. The molecule has 0 amide bonds. The maximum atomic E-state index is 11.8. The van der Waals surface area contributed by atoms with E-state index in [4.69, 9.17) is 39.8 Å². The van der Waals surface area contributed by atoms with Gasteiger partial charge < -0.3 is 14.6 Å². The Labute approximate surface area is 230 Å². The third-order valence-electron chi connectivity index (χ3n) is 6.02. The van der Waals surface area contributed by atoms with Crippen molar-refractivity contribution in [1.82, 2.24) is 10.3 Å². The van der Waals surface area contributed by atoms with Crippen LogP contribution in [0.5, 0.6) is 0 Å². The van der Waals surface area contributed by atoms with Gasteiger partial charge in [0.15, 0.2) is 5.11 Å². The first-order chi connectivity index (χ1) is 17.6. The molecule has 0 radical (unpaired) electrons. The van der Waals surface area contributed by atoms with Crippen molar-refractivity contribution in [3.8, 4) is 11.3 Å². The number of aryl methyl sites for hydroxylation is 1. The summed E-state index contributed by atoms with van der Waals surface area (Å²) in [6.07, 6.45) is 2.85. The van der Waals surface area contributed by atoms with Gasteiger partial charge in [-0.1, -0.05) is 35.3 Å². The molecule has 0 bridgehead atoms. The molecule has 1 aliphatic heterocycles. The first-order valence-corrected chi connectivity index (χ1v) is 14.3. The Kier molecular flexibility index (Phi) is 6.89. The van der Waals surface area contributed by atoms with Gasteiger partial charge in [-0.2, -0.15) is 0 Å². The van der Waals surface area contributed by atoms with Crippen LogP contribution in [0.3, 0.4) is 0 Å². The quantitative estimate of drug-likeness (QED) is 0.255. The number of hydrogen-bond acceptors (Lipinski definition) is 5. The summed E-state index contributed by atoms with van der Waals surface area (Å²) in [5.41, 5.74) is 3.50. The summed E-state index contributed by atoms with van der Waals surface area (Å²) >= 11 is 18.5. The number of aromatic nitrogens is 1. The first-order valence-electron chi connectivity index (χ1n) is 11.3. The van der Waals surface area contributed by atoms with E-state index in [1.54, 1.807) is 18.3 Å². The van der Waals surface area contributed by atoms with Gasteiger partial charge in [-0.05, 0) is 79.3 Å². The van der Waals surface area contributed by atoms with Crippen LogP contribution in [0.4, 0.5) is 11.4 Å². The standard InChI is InChI=1S/C26H22Cl2N4O3S2/c1-15-14-16(9-10-19(15)31-37(2,33)34)32-25(24(30-26(32)36)20-8-3-4-13-29-20)22-12-11-21(35-22)17-6-5-7-18(27)23(17)28/h3-14,24-25,31H,1-2H3,(H,30,36)/t24-,25+/m1/s1. The van der Waals surface area contributed by atoms with Gasteiger partial charge in [-0.15, -0.1) is 0 Å². The van der Waals surface area contributed by atoms with Gasteiger partial charge in [0, 0.05) is 17.4 Å². The van der Waals surface area contributed by atoms with E-state index in [0.29, 0.717) is 37.9 Å². The number of anilines is 2. The molecule has 2 aromatic heterocycles. The number of halogens is 2. The summed E-state index contributed by atoms with van der Waals surface area (Å²) in [6, 6.07) is 19.6. The topological polar surface area (TPSA) is 87.5 Å². The van der Waals surface area contributed by atoms with Crippen LogP contribution in [0.2, 0.25) is 10.0 Å². The lowest BCUT2D eigenvalue weighted by molar-refractivity contribution is 0.439. The van der Waals surface area contributed by atoms with Gasteiger partial charge in [0.2, 0.25) is 10.0 Å². The second-order valence-electron chi connectivity index (χ2n) is 8.67. The van der Waals surface area contributed by atoms with Crippen molar-refractivity contribution in [3.63, 3.8) is 0 Å². The molecular formula is C26H22Cl2N4O3S2. The molecule has 0 saturated carbocycles. The Balaban J connectivity index is 1.59. The maximum Gasteiger partial charge on any atom is 0.229 e. The number of sulfonamides is 1. The van der Waals surface area contributed by atoms with Crippen LogP contribution in [0.25, 0.3) is 11.3 Å². The SMILES string of the molecule is Cc1cc(N2C(=S)N[C@H](c3ccccn3)[C@@H]2c2ccc(-c3cccc(Cl)c3Cl)o2)ccc1NS(C)(=O)=O. The molecule has 4 aromatic rings. The van der Waals surface area contributed by atoms with Gasteiger partial charge in [-0.25, -0.2) is 8.42 Å². The third-order valence-corrected chi connectivity index (χ3v) is 7.74. The summed E-state index contributed by atoms with van der Waals surface area (Å²) < 4.78 is 32.4. The summed E-state index contributed by atoms with van der Waals surface area (Å²) in [5, 5.41) is 4.72. The number of thiocarbonyl (C=S) groups is 1. The minimum atomic E-state index is -3.42. The summed E-state index contributed by atoms with van der Waals surface area (Å²) in [5.74, 6) is 1.22. The zero-order chi connectivity index (χ0) is 26.3. The lowest BCUT2D eigenvalue weighted by Crippen LogP contribution is -2.29. The van der Waals surface area contributed by atoms with Crippen LogP contribution >= 0.6 is 35.4 Å². The zero-order valence-corrected chi connectivity index (χ0v) is 22.9. The predicted octanol–water partition coefficient (Wildman–Crippen LogP) is 6.51. The van der Waals surface area contributed by atoms with Crippen molar-refractivity contribution >= 4 is 61.9 Å². The number of rotatable bonds is 6.